The Labute approximate surface area is 144 Å². The highest BCUT2D eigenvalue weighted by Crippen LogP contribution is 2.15. The van der Waals surface area contributed by atoms with Gasteiger partial charge in [-0.25, -0.2) is 0 Å². The van der Waals surface area contributed by atoms with Gasteiger partial charge in [-0.15, -0.1) is 0 Å². The molecule has 1 fully saturated rings. The number of nitriles is 1. The Morgan fingerprint density at radius 2 is 1.92 bits per heavy atom. The SMILES string of the molecule is CC(C)CN1CCC(NC(=O)C(C)Oc2ccc(C#N)cc2)CC1. The summed E-state index contributed by atoms with van der Waals surface area (Å²) < 4.78 is 5.66. The number of amides is 1. The van der Waals surface area contributed by atoms with Crippen LogP contribution in [0.2, 0.25) is 0 Å². The first-order valence-electron chi connectivity index (χ1n) is 8.67. The summed E-state index contributed by atoms with van der Waals surface area (Å²) in [6, 6.07) is 9.09. The maximum absolute atomic E-state index is 12.3. The summed E-state index contributed by atoms with van der Waals surface area (Å²) >= 11 is 0. The van der Waals surface area contributed by atoms with Gasteiger partial charge in [-0.2, -0.15) is 5.26 Å². The average Bonchev–Trinajstić information content (AvgIpc) is 2.56. The van der Waals surface area contributed by atoms with Crippen molar-refractivity contribution in [3.05, 3.63) is 29.8 Å². The maximum atomic E-state index is 12.3. The molecule has 24 heavy (non-hydrogen) atoms. The first-order valence-corrected chi connectivity index (χ1v) is 8.67. The molecule has 0 bridgehead atoms. The van der Waals surface area contributed by atoms with E-state index in [0.29, 0.717) is 17.2 Å². The smallest absolute Gasteiger partial charge is 0.260 e. The number of hydrogen-bond donors (Lipinski definition) is 1. The molecule has 0 radical (unpaired) electrons. The zero-order valence-corrected chi connectivity index (χ0v) is 14.8. The molecule has 1 saturated heterocycles. The van der Waals surface area contributed by atoms with Crippen LogP contribution < -0.4 is 10.1 Å². The van der Waals surface area contributed by atoms with Crippen molar-refractivity contribution in [2.45, 2.75) is 45.8 Å². The number of nitrogens with one attached hydrogen (secondary N) is 1. The molecule has 1 aromatic carbocycles. The summed E-state index contributed by atoms with van der Waals surface area (Å²) in [5.74, 6) is 1.20. The minimum atomic E-state index is -0.549. The van der Waals surface area contributed by atoms with E-state index in [1.807, 2.05) is 0 Å². The molecule has 0 aromatic heterocycles. The minimum absolute atomic E-state index is 0.0818. The van der Waals surface area contributed by atoms with E-state index in [1.165, 1.54) is 0 Å². The molecule has 1 atom stereocenters. The molecule has 1 N–H and O–H groups in total. The third-order valence-electron chi connectivity index (χ3n) is 4.22. The zero-order valence-electron chi connectivity index (χ0n) is 14.8. The number of likely N-dealkylation sites (tertiary alicyclic amines) is 1. The topological polar surface area (TPSA) is 65.4 Å². The molecular formula is C19H27N3O2. The predicted molar refractivity (Wildman–Crippen MR) is 93.7 cm³/mol. The van der Waals surface area contributed by atoms with Crippen LogP contribution in [0.25, 0.3) is 0 Å². The molecule has 130 valence electrons. The third kappa shape index (κ3) is 5.54. The normalized spacial score (nSPS) is 17.3. The first kappa shape index (κ1) is 18.3. The summed E-state index contributed by atoms with van der Waals surface area (Å²) in [6.45, 7) is 9.41. The summed E-state index contributed by atoms with van der Waals surface area (Å²) in [5.41, 5.74) is 0.576. The summed E-state index contributed by atoms with van der Waals surface area (Å²) in [5, 5.41) is 11.9. The molecule has 1 aromatic rings. The van der Waals surface area contributed by atoms with Gasteiger partial charge in [-0.05, 0) is 49.9 Å². The van der Waals surface area contributed by atoms with Gasteiger partial charge in [-0.1, -0.05) is 13.8 Å². The van der Waals surface area contributed by atoms with Crippen LogP contribution in [0.15, 0.2) is 24.3 Å². The van der Waals surface area contributed by atoms with E-state index in [9.17, 15) is 4.79 Å². The Balaban J connectivity index is 1.76. The van der Waals surface area contributed by atoms with Gasteiger partial charge in [0.2, 0.25) is 0 Å². The van der Waals surface area contributed by atoms with Gasteiger partial charge in [0, 0.05) is 25.7 Å². The fourth-order valence-corrected chi connectivity index (χ4v) is 2.96. The van der Waals surface area contributed by atoms with E-state index in [1.54, 1.807) is 31.2 Å². The third-order valence-corrected chi connectivity index (χ3v) is 4.22. The standard InChI is InChI=1S/C19H27N3O2/c1-14(2)13-22-10-8-17(9-11-22)21-19(23)15(3)24-18-6-4-16(12-20)5-7-18/h4-7,14-15,17H,8-11,13H2,1-3H3,(H,21,23). The lowest BCUT2D eigenvalue weighted by Gasteiger charge is -2.33. The number of ether oxygens (including phenoxy) is 1. The van der Waals surface area contributed by atoms with Gasteiger partial charge in [0.25, 0.3) is 5.91 Å². The molecule has 2 rings (SSSR count). The van der Waals surface area contributed by atoms with Gasteiger partial charge in [-0.3, -0.25) is 4.79 Å². The minimum Gasteiger partial charge on any atom is -0.481 e. The van der Waals surface area contributed by atoms with Crippen molar-refractivity contribution in [2.75, 3.05) is 19.6 Å². The molecule has 0 aliphatic carbocycles. The van der Waals surface area contributed by atoms with Crippen molar-refractivity contribution >= 4 is 5.91 Å². The number of hydrogen-bond acceptors (Lipinski definition) is 4. The second-order valence-corrected chi connectivity index (χ2v) is 6.87. The monoisotopic (exact) mass is 329 g/mol. The van der Waals surface area contributed by atoms with E-state index >= 15 is 0 Å². The zero-order chi connectivity index (χ0) is 17.5. The lowest BCUT2D eigenvalue weighted by Crippen LogP contribution is -2.48. The number of benzene rings is 1. The highest BCUT2D eigenvalue weighted by molar-refractivity contribution is 5.81. The molecular weight excluding hydrogens is 302 g/mol. The number of rotatable bonds is 6. The van der Waals surface area contributed by atoms with E-state index in [0.717, 1.165) is 32.5 Å². The Kier molecular flexibility index (Phi) is 6.62. The van der Waals surface area contributed by atoms with Crippen LogP contribution in [0.5, 0.6) is 5.75 Å². The van der Waals surface area contributed by atoms with E-state index in [2.05, 4.69) is 30.1 Å². The van der Waals surface area contributed by atoms with Crippen LogP contribution in [0.3, 0.4) is 0 Å². The highest BCUT2D eigenvalue weighted by atomic mass is 16.5. The van der Waals surface area contributed by atoms with Crippen molar-refractivity contribution in [1.29, 1.82) is 5.26 Å². The second kappa shape index (κ2) is 8.70. The number of piperidine rings is 1. The Morgan fingerprint density at radius 3 is 2.46 bits per heavy atom. The Hall–Kier alpha value is -2.06. The van der Waals surface area contributed by atoms with Crippen molar-refractivity contribution in [1.82, 2.24) is 10.2 Å². The number of nitrogens with zero attached hydrogens (tertiary/aromatic N) is 2. The molecule has 5 nitrogen and oxygen atoms in total. The lowest BCUT2D eigenvalue weighted by atomic mass is 10.0. The van der Waals surface area contributed by atoms with E-state index in [-0.39, 0.29) is 11.9 Å². The second-order valence-electron chi connectivity index (χ2n) is 6.87. The molecule has 1 unspecified atom stereocenters. The molecule has 0 spiro atoms. The fourth-order valence-electron chi connectivity index (χ4n) is 2.96. The summed E-state index contributed by atoms with van der Waals surface area (Å²) in [6.07, 6.45) is 1.43. The Morgan fingerprint density at radius 1 is 1.29 bits per heavy atom. The summed E-state index contributed by atoms with van der Waals surface area (Å²) in [7, 11) is 0. The lowest BCUT2D eigenvalue weighted by molar-refractivity contribution is -0.128. The average molecular weight is 329 g/mol. The van der Waals surface area contributed by atoms with Crippen LogP contribution in [0, 0.1) is 17.2 Å². The quantitative estimate of drug-likeness (QED) is 0.871. The van der Waals surface area contributed by atoms with Gasteiger partial charge in [0.15, 0.2) is 6.10 Å². The van der Waals surface area contributed by atoms with Gasteiger partial charge >= 0.3 is 0 Å². The van der Waals surface area contributed by atoms with Crippen LogP contribution in [0.4, 0.5) is 0 Å². The summed E-state index contributed by atoms with van der Waals surface area (Å²) in [4.78, 5) is 14.8. The van der Waals surface area contributed by atoms with Crippen LogP contribution in [-0.2, 0) is 4.79 Å². The number of carbonyl (C=O) groups excluding carboxylic acids is 1. The molecule has 1 amide bonds. The molecule has 1 aliphatic rings. The maximum Gasteiger partial charge on any atom is 0.260 e. The molecule has 5 heteroatoms. The van der Waals surface area contributed by atoms with Gasteiger partial charge in [0.05, 0.1) is 11.6 Å². The van der Waals surface area contributed by atoms with Crippen molar-refractivity contribution in [3.8, 4) is 11.8 Å². The predicted octanol–water partition coefficient (Wildman–Crippen LogP) is 2.56. The first-order chi connectivity index (χ1) is 11.5. The molecule has 0 saturated carbocycles. The fraction of sp³-hybridized carbons (Fsp3) is 0.579. The molecule has 1 heterocycles. The largest absolute Gasteiger partial charge is 0.481 e. The van der Waals surface area contributed by atoms with Gasteiger partial charge in [0.1, 0.15) is 5.75 Å². The van der Waals surface area contributed by atoms with Crippen LogP contribution in [0.1, 0.15) is 39.2 Å². The number of carbonyl (C=O) groups is 1. The van der Waals surface area contributed by atoms with E-state index in [4.69, 9.17) is 10.00 Å². The highest BCUT2D eigenvalue weighted by Gasteiger charge is 2.23. The van der Waals surface area contributed by atoms with E-state index < -0.39 is 6.10 Å². The Bertz CT molecular complexity index is 569. The van der Waals surface area contributed by atoms with Crippen LogP contribution >= 0.6 is 0 Å². The van der Waals surface area contributed by atoms with Crippen molar-refractivity contribution in [2.24, 2.45) is 5.92 Å². The van der Waals surface area contributed by atoms with Gasteiger partial charge < -0.3 is 15.0 Å². The van der Waals surface area contributed by atoms with Crippen molar-refractivity contribution in [3.63, 3.8) is 0 Å². The van der Waals surface area contributed by atoms with Crippen LogP contribution in [-0.4, -0.2) is 42.6 Å². The van der Waals surface area contributed by atoms with Crippen molar-refractivity contribution < 1.29 is 9.53 Å². The molecule has 1 aliphatic heterocycles.